The SMILES string of the molecule is CC(C)N=c1ccccn1C(=O)C1CCN(S(=O)(=O)c2ccccc2C(F)(F)F)CC1. The summed E-state index contributed by atoms with van der Waals surface area (Å²) in [6.45, 7) is 3.72. The van der Waals surface area contributed by atoms with Crippen molar-refractivity contribution in [2.45, 2.75) is 43.8 Å². The van der Waals surface area contributed by atoms with Gasteiger partial charge < -0.3 is 0 Å². The number of hydrogen-bond acceptors (Lipinski definition) is 4. The Morgan fingerprint density at radius 1 is 1.06 bits per heavy atom. The average Bonchev–Trinajstić information content (AvgIpc) is 2.73. The highest BCUT2D eigenvalue weighted by molar-refractivity contribution is 7.89. The fourth-order valence-corrected chi connectivity index (χ4v) is 5.28. The Hall–Kier alpha value is -2.46. The maximum atomic E-state index is 13.3. The molecule has 1 fully saturated rings. The summed E-state index contributed by atoms with van der Waals surface area (Å²) in [6.07, 6.45) is -2.73. The van der Waals surface area contributed by atoms with Crippen molar-refractivity contribution >= 4 is 15.9 Å². The number of nitrogens with zero attached hydrogens (tertiary/aromatic N) is 3. The molecule has 3 rings (SSSR count). The van der Waals surface area contributed by atoms with Crippen LogP contribution in [-0.2, 0) is 16.2 Å². The van der Waals surface area contributed by atoms with Crippen molar-refractivity contribution in [3.63, 3.8) is 0 Å². The molecule has 0 bridgehead atoms. The van der Waals surface area contributed by atoms with Crippen LogP contribution in [0.2, 0.25) is 0 Å². The number of alkyl halides is 3. The van der Waals surface area contributed by atoms with E-state index >= 15 is 0 Å². The van der Waals surface area contributed by atoms with Gasteiger partial charge in [0.1, 0.15) is 5.49 Å². The molecule has 0 spiro atoms. The summed E-state index contributed by atoms with van der Waals surface area (Å²) in [7, 11) is -4.34. The lowest BCUT2D eigenvalue weighted by Gasteiger charge is -2.31. The molecule has 1 aromatic carbocycles. The zero-order chi connectivity index (χ0) is 22.8. The van der Waals surface area contributed by atoms with Gasteiger partial charge in [-0.15, -0.1) is 0 Å². The first-order chi connectivity index (χ1) is 14.5. The minimum Gasteiger partial charge on any atom is -0.274 e. The first-order valence-electron chi connectivity index (χ1n) is 9.94. The number of halogens is 3. The van der Waals surface area contributed by atoms with E-state index in [4.69, 9.17) is 0 Å². The van der Waals surface area contributed by atoms with Crippen molar-refractivity contribution in [3.05, 3.63) is 59.7 Å². The molecule has 0 amide bonds. The second-order valence-electron chi connectivity index (χ2n) is 7.66. The van der Waals surface area contributed by atoms with Gasteiger partial charge in [0.05, 0.1) is 10.5 Å². The minimum absolute atomic E-state index is 0.0119. The van der Waals surface area contributed by atoms with Crippen molar-refractivity contribution in [3.8, 4) is 0 Å². The summed E-state index contributed by atoms with van der Waals surface area (Å²) in [6, 6.07) is 9.36. The molecule has 6 nitrogen and oxygen atoms in total. The maximum Gasteiger partial charge on any atom is 0.417 e. The topological polar surface area (TPSA) is 71.7 Å². The van der Waals surface area contributed by atoms with Crippen LogP contribution in [0.25, 0.3) is 0 Å². The third kappa shape index (κ3) is 5.07. The van der Waals surface area contributed by atoms with E-state index in [-0.39, 0.29) is 37.9 Å². The standard InChI is InChI=1S/C21H24F3N3O3S/c1-15(2)25-19-9-5-6-12-27(19)20(28)16-10-13-26(14-11-16)31(29,30)18-8-4-3-7-17(18)21(22,23)24/h3-9,12,15-16H,10-11,13-14H2,1-2H3. The van der Waals surface area contributed by atoms with E-state index in [1.54, 1.807) is 24.4 Å². The molecule has 1 aliphatic rings. The Kier molecular flexibility index (Phi) is 6.70. The number of pyridine rings is 1. The Morgan fingerprint density at radius 3 is 2.29 bits per heavy atom. The van der Waals surface area contributed by atoms with Crippen molar-refractivity contribution in [1.29, 1.82) is 0 Å². The lowest BCUT2D eigenvalue weighted by molar-refractivity contribution is -0.139. The Balaban J connectivity index is 1.80. The number of sulfonamides is 1. The number of piperidine rings is 1. The van der Waals surface area contributed by atoms with Crippen LogP contribution in [0.4, 0.5) is 13.2 Å². The summed E-state index contributed by atoms with van der Waals surface area (Å²) in [5.74, 6) is -0.648. The number of carbonyl (C=O) groups is 1. The summed E-state index contributed by atoms with van der Waals surface area (Å²) < 4.78 is 68.1. The van der Waals surface area contributed by atoms with E-state index in [0.29, 0.717) is 5.49 Å². The van der Waals surface area contributed by atoms with Crippen molar-refractivity contribution in [2.75, 3.05) is 13.1 Å². The molecule has 10 heteroatoms. The van der Waals surface area contributed by atoms with Gasteiger partial charge in [-0.3, -0.25) is 14.4 Å². The van der Waals surface area contributed by atoms with E-state index < -0.39 is 32.6 Å². The zero-order valence-electron chi connectivity index (χ0n) is 17.2. The van der Waals surface area contributed by atoms with E-state index in [1.807, 2.05) is 13.8 Å². The maximum absolute atomic E-state index is 13.3. The van der Waals surface area contributed by atoms with E-state index in [9.17, 15) is 26.4 Å². The summed E-state index contributed by atoms with van der Waals surface area (Å²) in [5.41, 5.74) is -0.676. The van der Waals surface area contributed by atoms with Crippen molar-refractivity contribution < 1.29 is 26.4 Å². The van der Waals surface area contributed by atoms with Crippen LogP contribution in [0.3, 0.4) is 0 Å². The highest BCUT2D eigenvalue weighted by atomic mass is 32.2. The number of carbonyl (C=O) groups excluding carboxylic acids is 1. The molecule has 1 aliphatic heterocycles. The molecule has 0 aliphatic carbocycles. The summed E-state index contributed by atoms with van der Waals surface area (Å²) in [4.78, 5) is 16.7. The van der Waals surface area contributed by atoms with Gasteiger partial charge in [0.2, 0.25) is 15.9 Å². The van der Waals surface area contributed by atoms with Crippen LogP contribution in [0.15, 0.2) is 58.5 Å². The quantitative estimate of drug-likeness (QED) is 0.708. The van der Waals surface area contributed by atoms with Gasteiger partial charge in [-0.2, -0.15) is 17.5 Å². The van der Waals surface area contributed by atoms with Crippen LogP contribution in [-0.4, -0.2) is 42.3 Å². The lowest BCUT2D eigenvalue weighted by Crippen LogP contribution is -2.43. The molecule has 1 aromatic heterocycles. The highest BCUT2D eigenvalue weighted by Gasteiger charge is 2.40. The lowest BCUT2D eigenvalue weighted by atomic mass is 9.97. The Labute approximate surface area is 179 Å². The van der Waals surface area contributed by atoms with Crippen LogP contribution in [0.1, 0.15) is 37.0 Å². The van der Waals surface area contributed by atoms with Gasteiger partial charge in [-0.1, -0.05) is 18.2 Å². The van der Waals surface area contributed by atoms with E-state index in [1.165, 1.54) is 10.6 Å². The number of benzene rings is 1. The van der Waals surface area contributed by atoms with Crippen molar-refractivity contribution in [2.24, 2.45) is 10.9 Å². The van der Waals surface area contributed by atoms with Crippen LogP contribution in [0, 0.1) is 5.92 Å². The van der Waals surface area contributed by atoms with Crippen LogP contribution in [0.5, 0.6) is 0 Å². The van der Waals surface area contributed by atoms with Gasteiger partial charge in [-0.05, 0) is 51.0 Å². The molecule has 0 saturated carbocycles. The van der Waals surface area contributed by atoms with E-state index in [2.05, 4.69) is 4.99 Å². The Morgan fingerprint density at radius 2 is 1.68 bits per heavy atom. The van der Waals surface area contributed by atoms with E-state index in [0.717, 1.165) is 22.5 Å². The molecule has 0 unspecified atom stereocenters. The molecule has 2 aromatic rings. The van der Waals surface area contributed by atoms with Crippen LogP contribution < -0.4 is 5.49 Å². The van der Waals surface area contributed by atoms with Gasteiger partial charge in [-0.25, -0.2) is 8.42 Å². The molecule has 2 heterocycles. The second kappa shape index (κ2) is 8.96. The predicted molar refractivity (Wildman–Crippen MR) is 109 cm³/mol. The second-order valence-corrected chi connectivity index (χ2v) is 9.57. The molecule has 31 heavy (non-hydrogen) atoms. The third-order valence-electron chi connectivity index (χ3n) is 5.08. The van der Waals surface area contributed by atoms with Gasteiger partial charge >= 0.3 is 6.18 Å². The number of hydrogen-bond donors (Lipinski definition) is 0. The van der Waals surface area contributed by atoms with Gasteiger partial charge in [0.25, 0.3) is 0 Å². The predicted octanol–water partition coefficient (Wildman–Crippen LogP) is 3.56. The first-order valence-corrected chi connectivity index (χ1v) is 11.4. The molecule has 168 valence electrons. The minimum atomic E-state index is -4.78. The zero-order valence-corrected chi connectivity index (χ0v) is 18.0. The van der Waals surface area contributed by atoms with Crippen LogP contribution >= 0.6 is 0 Å². The molecule has 0 N–H and O–H groups in total. The average molecular weight is 456 g/mol. The molecular formula is C21H24F3N3O3S. The molecular weight excluding hydrogens is 431 g/mol. The number of rotatable bonds is 4. The highest BCUT2D eigenvalue weighted by Crippen LogP contribution is 2.36. The third-order valence-corrected chi connectivity index (χ3v) is 7.04. The fourth-order valence-electron chi connectivity index (χ4n) is 3.59. The fraction of sp³-hybridized carbons (Fsp3) is 0.429. The molecule has 0 atom stereocenters. The monoisotopic (exact) mass is 455 g/mol. The summed E-state index contributed by atoms with van der Waals surface area (Å²) in [5, 5.41) is 0. The van der Waals surface area contributed by atoms with Gasteiger partial charge in [0.15, 0.2) is 0 Å². The van der Waals surface area contributed by atoms with Crippen molar-refractivity contribution in [1.82, 2.24) is 8.87 Å². The number of aromatic nitrogens is 1. The summed E-state index contributed by atoms with van der Waals surface area (Å²) >= 11 is 0. The largest absolute Gasteiger partial charge is 0.417 e. The Bertz CT molecular complexity index is 1120. The normalized spacial score (nSPS) is 17.3. The first kappa shape index (κ1) is 23.2. The molecule has 1 saturated heterocycles. The smallest absolute Gasteiger partial charge is 0.274 e. The molecule has 0 radical (unpaired) electrons. The van der Waals surface area contributed by atoms with Gasteiger partial charge in [0, 0.05) is 31.2 Å².